The topological polar surface area (TPSA) is 0 Å². The minimum absolute atomic E-state index is 1.09. The Balaban J connectivity index is 1.88. The van der Waals surface area contributed by atoms with Crippen LogP contribution >= 0.6 is 0 Å². The average molecular weight is 194 g/mol. The van der Waals surface area contributed by atoms with Crippen LogP contribution in [0.25, 0.3) is 0 Å². The van der Waals surface area contributed by atoms with Gasteiger partial charge in [-0.05, 0) is 49.4 Å². The standard InChI is InChI=1S/C14H26/c1-3-5-11-6-9-14-12(4-2)7-8-13(14)10-11/h11-14H,3-10H2,1-2H3. The van der Waals surface area contributed by atoms with Crippen LogP contribution in [0.5, 0.6) is 0 Å². The quantitative estimate of drug-likeness (QED) is 0.614. The van der Waals surface area contributed by atoms with Crippen molar-refractivity contribution in [2.24, 2.45) is 23.7 Å². The Morgan fingerprint density at radius 3 is 2.57 bits per heavy atom. The molecule has 0 radical (unpaired) electrons. The highest BCUT2D eigenvalue weighted by atomic mass is 14.4. The summed E-state index contributed by atoms with van der Waals surface area (Å²) in [5, 5.41) is 0. The fourth-order valence-electron chi connectivity index (χ4n) is 4.16. The van der Waals surface area contributed by atoms with E-state index in [4.69, 9.17) is 0 Å². The second kappa shape index (κ2) is 4.68. The number of fused-ring (bicyclic) bond motifs is 1. The lowest BCUT2D eigenvalue weighted by Crippen LogP contribution is -2.24. The first-order valence-corrected chi connectivity index (χ1v) is 6.85. The second-order valence-corrected chi connectivity index (χ2v) is 5.64. The minimum atomic E-state index is 1.09. The third-order valence-electron chi connectivity index (χ3n) is 4.88. The molecule has 0 heterocycles. The molecule has 0 aliphatic heterocycles. The highest BCUT2D eigenvalue weighted by Crippen LogP contribution is 2.49. The van der Waals surface area contributed by atoms with E-state index in [0.717, 1.165) is 23.7 Å². The summed E-state index contributed by atoms with van der Waals surface area (Å²) in [7, 11) is 0. The Kier molecular flexibility index (Phi) is 3.52. The van der Waals surface area contributed by atoms with Gasteiger partial charge >= 0.3 is 0 Å². The maximum absolute atomic E-state index is 2.39. The zero-order valence-electron chi connectivity index (χ0n) is 9.97. The summed E-state index contributed by atoms with van der Waals surface area (Å²) in [6.07, 6.45) is 12.1. The van der Waals surface area contributed by atoms with Crippen LogP contribution in [0.2, 0.25) is 0 Å². The molecule has 0 aromatic rings. The van der Waals surface area contributed by atoms with Crippen molar-refractivity contribution in [3.05, 3.63) is 0 Å². The normalized spacial score (nSPS) is 42.4. The molecule has 2 aliphatic rings. The first-order chi connectivity index (χ1) is 6.85. The molecule has 0 heteroatoms. The van der Waals surface area contributed by atoms with E-state index >= 15 is 0 Å². The van der Waals surface area contributed by atoms with Gasteiger partial charge in [0.1, 0.15) is 0 Å². The smallest absolute Gasteiger partial charge is 0.0357 e. The number of hydrogen-bond acceptors (Lipinski definition) is 0. The van der Waals surface area contributed by atoms with Gasteiger partial charge in [-0.15, -0.1) is 0 Å². The van der Waals surface area contributed by atoms with Crippen molar-refractivity contribution in [2.45, 2.75) is 65.2 Å². The third kappa shape index (κ3) is 1.99. The molecule has 4 atom stereocenters. The van der Waals surface area contributed by atoms with Crippen molar-refractivity contribution in [3.63, 3.8) is 0 Å². The monoisotopic (exact) mass is 194 g/mol. The van der Waals surface area contributed by atoms with E-state index in [9.17, 15) is 0 Å². The summed E-state index contributed by atoms with van der Waals surface area (Å²) in [5.41, 5.74) is 0. The Morgan fingerprint density at radius 2 is 1.86 bits per heavy atom. The van der Waals surface area contributed by atoms with Crippen molar-refractivity contribution >= 4 is 0 Å². The zero-order chi connectivity index (χ0) is 9.97. The van der Waals surface area contributed by atoms with Gasteiger partial charge in [-0.1, -0.05) is 39.5 Å². The van der Waals surface area contributed by atoms with Crippen LogP contribution in [0.15, 0.2) is 0 Å². The highest BCUT2D eigenvalue weighted by molar-refractivity contribution is 4.89. The molecular formula is C14H26. The largest absolute Gasteiger partial charge is 0.0654 e. The van der Waals surface area contributed by atoms with Gasteiger partial charge in [0.15, 0.2) is 0 Å². The summed E-state index contributed by atoms with van der Waals surface area (Å²) in [6, 6.07) is 0. The molecule has 0 N–H and O–H groups in total. The van der Waals surface area contributed by atoms with Crippen molar-refractivity contribution in [2.75, 3.05) is 0 Å². The SMILES string of the molecule is CCCC1CCC2C(CC)CCC2C1. The van der Waals surface area contributed by atoms with Gasteiger partial charge < -0.3 is 0 Å². The third-order valence-corrected chi connectivity index (χ3v) is 4.88. The minimum Gasteiger partial charge on any atom is -0.0654 e. The molecule has 0 bridgehead atoms. The molecule has 4 unspecified atom stereocenters. The van der Waals surface area contributed by atoms with Gasteiger partial charge in [0.05, 0.1) is 0 Å². The van der Waals surface area contributed by atoms with Crippen LogP contribution in [-0.2, 0) is 0 Å². The Bertz CT molecular complexity index is 173. The van der Waals surface area contributed by atoms with E-state index < -0.39 is 0 Å². The van der Waals surface area contributed by atoms with E-state index in [0.29, 0.717) is 0 Å². The van der Waals surface area contributed by atoms with Crippen LogP contribution in [-0.4, -0.2) is 0 Å². The lowest BCUT2D eigenvalue weighted by molar-refractivity contribution is 0.167. The predicted molar refractivity (Wildman–Crippen MR) is 62.2 cm³/mol. The van der Waals surface area contributed by atoms with E-state index in [1.54, 1.807) is 32.1 Å². The zero-order valence-corrected chi connectivity index (χ0v) is 9.97. The molecule has 2 saturated carbocycles. The molecule has 0 saturated heterocycles. The van der Waals surface area contributed by atoms with E-state index in [2.05, 4.69) is 13.8 Å². The van der Waals surface area contributed by atoms with Crippen LogP contribution in [0.4, 0.5) is 0 Å². The summed E-state index contributed by atoms with van der Waals surface area (Å²) in [6.45, 7) is 4.74. The number of rotatable bonds is 3. The molecular weight excluding hydrogens is 168 g/mol. The molecule has 0 nitrogen and oxygen atoms in total. The molecule has 0 aromatic carbocycles. The Hall–Kier alpha value is 0. The van der Waals surface area contributed by atoms with Crippen molar-refractivity contribution in [3.8, 4) is 0 Å². The lowest BCUT2D eigenvalue weighted by Gasteiger charge is -2.34. The molecule has 82 valence electrons. The summed E-state index contributed by atoms with van der Waals surface area (Å²) in [4.78, 5) is 0. The van der Waals surface area contributed by atoms with Gasteiger partial charge in [0.2, 0.25) is 0 Å². The summed E-state index contributed by atoms with van der Waals surface area (Å²) < 4.78 is 0. The van der Waals surface area contributed by atoms with Gasteiger partial charge in [0.25, 0.3) is 0 Å². The first-order valence-electron chi connectivity index (χ1n) is 6.85. The summed E-state index contributed by atoms with van der Waals surface area (Å²) in [5.74, 6) is 4.46. The molecule has 2 fully saturated rings. The fraction of sp³-hybridized carbons (Fsp3) is 1.00. The maximum atomic E-state index is 2.39. The van der Waals surface area contributed by atoms with E-state index in [1.165, 1.54) is 19.3 Å². The van der Waals surface area contributed by atoms with Crippen LogP contribution in [0, 0.1) is 23.7 Å². The van der Waals surface area contributed by atoms with Gasteiger partial charge in [-0.2, -0.15) is 0 Å². The summed E-state index contributed by atoms with van der Waals surface area (Å²) >= 11 is 0. The number of hydrogen-bond donors (Lipinski definition) is 0. The molecule has 2 aliphatic carbocycles. The second-order valence-electron chi connectivity index (χ2n) is 5.64. The van der Waals surface area contributed by atoms with E-state index in [1.807, 2.05) is 0 Å². The van der Waals surface area contributed by atoms with Crippen LogP contribution < -0.4 is 0 Å². The van der Waals surface area contributed by atoms with Crippen LogP contribution in [0.3, 0.4) is 0 Å². The highest BCUT2D eigenvalue weighted by Gasteiger charge is 2.38. The molecule has 0 spiro atoms. The Morgan fingerprint density at radius 1 is 1.00 bits per heavy atom. The van der Waals surface area contributed by atoms with E-state index in [-0.39, 0.29) is 0 Å². The first kappa shape index (κ1) is 10.5. The predicted octanol–water partition coefficient (Wildman–Crippen LogP) is 4.64. The molecule has 0 amide bonds. The molecule has 14 heavy (non-hydrogen) atoms. The van der Waals surface area contributed by atoms with Gasteiger partial charge in [-0.3, -0.25) is 0 Å². The molecule has 2 rings (SSSR count). The van der Waals surface area contributed by atoms with Crippen LogP contribution in [0.1, 0.15) is 65.2 Å². The van der Waals surface area contributed by atoms with Crippen molar-refractivity contribution < 1.29 is 0 Å². The average Bonchev–Trinajstić information content (AvgIpc) is 2.60. The maximum Gasteiger partial charge on any atom is -0.0357 e. The Labute approximate surface area is 89.5 Å². The van der Waals surface area contributed by atoms with Gasteiger partial charge in [-0.25, -0.2) is 0 Å². The lowest BCUT2D eigenvalue weighted by atomic mass is 9.72. The fourth-order valence-corrected chi connectivity index (χ4v) is 4.16. The van der Waals surface area contributed by atoms with Crippen molar-refractivity contribution in [1.29, 1.82) is 0 Å². The van der Waals surface area contributed by atoms with Gasteiger partial charge in [0, 0.05) is 0 Å². The van der Waals surface area contributed by atoms with Crippen molar-refractivity contribution in [1.82, 2.24) is 0 Å². The molecule has 0 aromatic heterocycles.